The van der Waals surface area contributed by atoms with Crippen LogP contribution in [0.25, 0.3) is 5.65 Å². The molecule has 1 aliphatic heterocycles. The van der Waals surface area contributed by atoms with E-state index in [1.165, 1.54) is 0 Å². The third-order valence-corrected chi connectivity index (χ3v) is 4.84. The molecule has 8 nitrogen and oxygen atoms in total. The average molecular weight is 374 g/mol. The van der Waals surface area contributed by atoms with Crippen LogP contribution in [0.15, 0.2) is 30.6 Å². The summed E-state index contributed by atoms with van der Waals surface area (Å²) in [5.74, 6) is -0.103. The fourth-order valence-corrected chi connectivity index (χ4v) is 3.29. The lowest BCUT2D eigenvalue weighted by atomic mass is 9.95. The van der Waals surface area contributed by atoms with Gasteiger partial charge in [0, 0.05) is 25.8 Å². The number of pyridine rings is 1. The first-order valence-corrected chi connectivity index (χ1v) is 9.37. The van der Waals surface area contributed by atoms with Crippen molar-refractivity contribution < 1.29 is 19.4 Å². The van der Waals surface area contributed by atoms with Crippen LogP contribution in [0.3, 0.4) is 0 Å². The predicted octanol–water partition coefficient (Wildman–Crippen LogP) is 1.83. The van der Waals surface area contributed by atoms with E-state index in [-0.39, 0.29) is 12.5 Å². The number of imidazole rings is 1. The number of rotatable bonds is 5. The summed E-state index contributed by atoms with van der Waals surface area (Å²) in [6, 6.07) is 5.58. The summed E-state index contributed by atoms with van der Waals surface area (Å²) in [6.07, 6.45) is 5.19. The molecule has 2 amide bonds. The molecule has 0 spiro atoms. The molecular formula is C19H26N4O4. The Morgan fingerprint density at radius 2 is 2.19 bits per heavy atom. The van der Waals surface area contributed by atoms with Gasteiger partial charge in [-0.25, -0.2) is 9.78 Å². The van der Waals surface area contributed by atoms with Gasteiger partial charge in [-0.15, -0.1) is 0 Å². The molecule has 146 valence electrons. The Bertz CT molecular complexity index is 806. The standard InChI is InChI=1S/C19H26N4O4/c1-2-12-27-18(25)21-14-19(26)7-5-9-22(11-8-19)17(24)15-13-20-16-6-3-4-10-23(15)16/h3-4,6,10,13,26H,2,5,7-9,11-12,14H2,1H3,(H,21,25)/t19-/m1/s1. The van der Waals surface area contributed by atoms with Crippen LogP contribution in [-0.2, 0) is 4.74 Å². The van der Waals surface area contributed by atoms with Gasteiger partial charge in [-0.1, -0.05) is 13.0 Å². The molecule has 0 saturated carbocycles. The van der Waals surface area contributed by atoms with E-state index < -0.39 is 11.7 Å². The van der Waals surface area contributed by atoms with E-state index in [1.54, 1.807) is 15.5 Å². The lowest BCUT2D eigenvalue weighted by Crippen LogP contribution is -2.44. The molecule has 1 saturated heterocycles. The quantitative estimate of drug-likeness (QED) is 0.832. The van der Waals surface area contributed by atoms with Crippen LogP contribution in [-0.4, -0.2) is 63.2 Å². The molecule has 27 heavy (non-hydrogen) atoms. The predicted molar refractivity (Wildman–Crippen MR) is 99.5 cm³/mol. The van der Waals surface area contributed by atoms with Crippen LogP contribution in [0, 0.1) is 0 Å². The number of alkyl carbamates (subject to hydrolysis) is 1. The largest absolute Gasteiger partial charge is 0.450 e. The number of amides is 2. The monoisotopic (exact) mass is 374 g/mol. The summed E-state index contributed by atoms with van der Waals surface area (Å²) in [5, 5.41) is 13.4. The highest BCUT2D eigenvalue weighted by Gasteiger charge is 2.32. The van der Waals surface area contributed by atoms with E-state index in [0.29, 0.717) is 44.7 Å². The third-order valence-electron chi connectivity index (χ3n) is 4.84. The third kappa shape index (κ3) is 4.57. The highest BCUT2D eigenvalue weighted by Crippen LogP contribution is 2.23. The number of ether oxygens (including phenoxy) is 1. The first-order chi connectivity index (χ1) is 13.0. The molecule has 3 heterocycles. The number of carbonyl (C=O) groups is 2. The fraction of sp³-hybridized carbons (Fsp3) is 0.526. The number of hydrogen-bond donors (Lipinski definition) is 2. The second-order valence-corrected chi connectivity index (χ2v) is 6.93. The first kappa shape index (κ1) is 19.2. The molecule has 1 atom stereocenters. The number of carbonyl (C=O) groups excluding carboxylic acids is 2. The number of likely N-dealkylation sites (tertiary alicyclic amines) is 1. The molecule has 0 bridgehead atoms. The van der Waals surface area contributed by atoms with E-state index in [2.05, 4.69) is 10.3 Å². The van der Waals surface area contributed by atoms with Gasteiger partial charge in [-0.3, -0.25) is 9.20 Å². The molecule has 2 N–H and O–H groups in total. The second-order valence-electron chi connectivity index (χ2n) is 6.93. The smallest absolute Gasteiger partial charge is 0.407 e. The van der Waals surface area contributed by atoms with Crippen LogP contribution >= 0.6 is 0 Å². The maximum Gasteiger partial charge on any atom is 0.407 e. The topological polar surface area (TPSA) is 96.2 Å². The minimum Gasteiger partial charge on any atom is -0.450 e. The zero-order valence-corrected chi connectivity index (χ0v) is 15.6. The molecular weight excluding hydrogens is 348 g/mol. The van der Waals surface area contributed by atoms with Crippen LogP contribution in [0.4, 0.5) is 4.79 Å². The summed E-state index contributed by atoms with van der Waals surface area (Å²) >= 11 is 0. The number of fused-ring (bicyclic) bond motifs is 1. The van der Waals surface area contributed by atoms with Crippen molar-refractivity contribution >= 4 is 17.6 Å². The molecule has 3 rings (SSSR count). The van der Waals surface area contributed by atoms with Crippen molar-refractivity contribution in [2.45, 2.75) is 38.2 Å². The Morgan fingerprint density at radius 1 is 1.33 bits per heavy atom. The summed E-state index contributed by atoms with van der Waals surface area (Å²) in [4.78, 5) is 30.5. The number of aromatic nitrogens is 2. The maximum atomic E-state index is 12.9. The lowest BCUT2D eigenvalue weighted by molar-refractivity contribution is 0.0243. The van der Waals surface area contributed by atoms with Crippen molar-refractivity contribution in [3.63, 3.8) is 0 Å². The van der Waals surface area contributed by atoms with Crippen LogP contribution in [0.5, 0.6) is 0 Å². The molecule has 0 aromatic carbocycles. The summed E-state index contributed by atoms with van der Waals surface area (Å²) < 4.78 is 6.74. The highest BCUT2D eigenvalue weighted by molar-refractivity contribution is 5.93. The average Bonchev–Trinajstić information content (AvgIpc) is 3.01. The summed E-state index contributed by atoms with van der Waals surface area (Å²) in [6.45, 7) is 3.36. The number of nitrogens with one attached hydrogen (secondary N) is 1. The van der Waals surface area contributed by atoms with Crippen LogP contribution in [0.2, 0.25) is 0 Å². The molecule has 8 heteroatoms. The van der Waals surface area contributed by atoms with Crippen LogP contribution in [0.1, 0.15) is 43.1 Å². The summed E-state index contributed by atoms with van der Waals surface area (Å²) in [5.41, 5.74) is 0.194. The van der Waals surface area contributed by atoms with E-state index in [0.717, 1.165) is 12.1 Å². The number of hydrogen-bond acceptors (Lipinski definition) is 5. The van der Waals surface area contributed by atoms with Gasteiger partial charge in [-0.05, 0) is 37.8 Å². The zero-order valence-electron chi connectivity index (χ0n) is 15.6. The molecule has 1 fully saturated rings. The Hall–Kier alpha value is -2.61. The maximum absolute atomic E-state index is 12.9. The van der Waals surface area contributed by atoms with Gasteiger partial charge in [-0.2, -0.15) is 0 Å². The molecule has 0 unspecified atom stereocenters. The molecule has 0 aliphatic carbocycles. The van der Waals surface area contributed by atoms with E-state index in [4.69, 9.17) is 4.74 Å². The van der Waals surface area contributed by atoms with E-state index in [9.17, 15) is 14.7 Å². The van der Waals surface area contributed by atoms with Gasteiger partial charge < -0.3 is 20.1 Å². The minimum absolute atomic E-state index is 0.103. The Labute approximate surface area is 158 Å². The SMILES string of the molecule is CCCOC(=O)NC[C@@]1(O)CCCN(C(=O)c2cnc3ccccn23)CC1. The van der Waals surface area contributed by atoms with Crippen LogP contribution < -0.4 is 5.32 Å². The van der Waals surface area contributed by atoms with Gasteiger partial charge in [0.1, 0.15) is 11.3 Å². The molecule has 2 aromatic rings. The van der Waals surface area contributed by atoms with E-state index in [1.807, 2.05) is 31.3 Å². The van der Waals surface area contributed by atoms with E-state index >= 15 is 0 Å². The second kappa shape index (κ2) is 8.39. The van der Waals surface area contributed by atoms with Crippen molar-refractivity contribution in [1.29, 1.82) is 0 Å². The normalized spacial score (nSPS) is 20.3. The molecule has 2 aromatic heterocycles. The molecule has 0 radical (unpaired) electrons. The van der Waals surface area contributed by atoms with Crippen molar-refractivity contribution in [2.24, 2.45) is 0 Å². The highest BCUT2D eigenvalue weighted by atomic mass is 16.5. The van der Waals surface area contributed by atoms with Crippen molar-refractivity contribution in [2.75, 3.05) is 26.2 Å². The van der Waals surface area contributed by atoms with Gasteiger partial charge in [0.2, 0.25) is 0 Å². The lowest BCUT2D eigenvalue weighted by Gasteiger charge is -2.27. The summed E-state index contributed by atoms with van der Waals surface area (Å²) in [7, 11) is 0. The number of nitrogens with zero attached hydrogens (tertiary/aromatic N) is 3. The van der Waals surface area contributed by atoms with Gasteiger partial charge in [0.05, 0.1) is 18.4 Å². The van der Waals surface area contributed by atoms with Gasteiger partial charge in [0.15, 0.2) is 0 Å². The Balaban J connectivity index is 1.60. The Morgan fingerprint density at radius 3 is 3.00 bits per heavy atom. The van der Waals surface area contributed by atoms with Gasteiger partial charge in [0.25, 0.3) is 5.91 Å². The first-order valence-electron chi connectivity index (χ1n) is 9.37. The van der Waals surface area contributed by atoms with Crippen molar-refractivity contribution in [1.82, 2.24) is 19.6 Å². The van der Waals surface area contributed by atoms with Gasteiger partial charge >= 0.3 is 6.09 Å². The minimum atomic E-state index is -1.04. The number of aliphatic hydroxyl groups is 1. The van der Waals surface area contributed by atoms with Crippen molar-refractivity contribution in [3.05, 3.63) is 36.3 Å². The zero-order chi connectivity index (χ0) is 19.3. The fourth-order valence-electron chi connectivity index (χ4n) is 3.29. The van der Waals surface area contributed by atoms with Crippen molar-refractivity contribution in [3.8, 4) is 0 Å². The Kier molecular flexibility index (Phi) is 5.95. The molecule has 1 aliphatic rings.